The molecule has 0 saturated carbocycles. The first-order valence-corrected chi connectivity index (χ1v) is 10.4. The van der Waals surface area contributed by atoms with Gasteiger partial charge in [-0.15, -0.1) is 12.4 Å². The van der Waals surface area contributed by atoms with E-state index in [1.165, 1.54) is 12.8 Å². The molecule has 7 nitrogen and oxygen atoms in total. The Balaban J connectivity index is 0.00000300. The van der Waals surface area contributed by atoms with E-state index in [1.807, 2.05) is 0 Å². The lowest BCUT2D eigenvalue weighted by Gasteiger charge is -2.28. The smallest absolute Gasteiger partial charge is 0.319 e. The van der Waals surface area contributed by atoms with E-state index in [-0.39, 0.29) is 30.4 Å². The summed E-state index contributed by atoms with van der Waals surface area (Å²) in [6.07, 6.45) is 5.07. The van der Waals surface area contributed by atoms with Gasteiger partial charge in [-0.25, -0.2) is 4.79 Å². The minimum atomic E-state index is -0.248. The highest BCUT2D eigenvalue weighted by Gasteiger charge is 2.22. The van der Waals surface area contributed by atoms with Gasteiger partial charge in [-0.05, 0) is 74.9 Å². The molecule has 0 radical (unpaired) electrons. The highest BCUT2D eigenvalue weighted by atomic mass is 35.5. The maximum Gasteiger partial charge on any atom is 0.319 e. The van der Waals surface area contributed by atoms with Crippen molar-refractivity contribution in [2.75, 3.05) is 36.9 Å². The molecule has 2 saturated heterocycles. The van der Waals surface area contributed by atoms with Gasteiger partial charge in [0, 0.05) is 30.9 Å². The normalized spacial score (nSPS) is 22.2. The van der Waals surface area contributed by atoms with Gasteiger partial charge in [0.2, 0.25) is 5.91 Å². The second kappa shape index (κ2) is 12.0. The Hall–Kier alpha value is -1.83. The summed E-state index contributed by atoms with van der Waals surface area (Å²) in [5, 5.41) is 12.0. The van der Waals surface area contributed by atoms with Gasteiger partial charge in [-0.3, -0.25) is 4.79 Å². The molecule has 8 heteroatoms. The summed E-state index contributed by atoms with van der Waals surface area (Å²) in [5.41, 5.74) is 1.42. The zero-order valence-electron chi connectivity index (χ0n) is 17.0. The molecule has 3 atom stereocenters. The number of benzene rings is 1. The van der Waals surface area contributed by atoms with E-state index >= 15 is 0 Å². The number of hydrogen-bond acceptors (Lipinski definition) is 4. The lowest BCUT2D eigenvalue weighted by atomic mass is 9.85. The predicted octanol–water partition coefficient (Wildman–Crippen LogP) is 3.37. The van der Waals surface area contributed by atoms with Gasteiger partial charge in [-0.2, -0.15) is 0 Å². The van der Waals surface area contributed by atoms with Crippen molar-refractivity contribution < 1.29 is 14.3 Å². The van der Waals surface area contributed by atoms with Crippen LogP contribution in [0.25, 0.3) is 0 Å². The lowest BCUT2D eigenvalue weighted by Crippen LogP contribution is -2.35. The molecule has 3 rings (SSSR count). The first-order valence-electron chi connectivity index (χ1n) is 10.4. The Morgan fingerprint density at radius 3 is 2.48 bits per heavy atom. The van der Waals surface area contributed by atoms with E-state index in [0.717, 1.165) is 38.2 Å². The van der Waals surface area contributed by atoms with Crippen molar-refractivity contribution in [1.82, 2.24) is 10.6 Å². The molecule has 0 spiro atoms. The van der Waals surface area contributed by atoms with Crippen LogP contribution in [-0.2, 0) is 9.53 Å². The van der Waals surface area contributed by atoms with Crippen LogP contribution in [0, 0.1) is 11.8 Å². The Labute approximate surface area is 179 Å². The summed E-state index contributed by atoms with van der Waals surface area (Å²) in [5.74, 6) is 0.966. The number of carbonyl (C=O) groups excluding carboxylic acids is 2. The zero-order chi connectivity index (χ0) is 19.8. The summed E-state index contributed by atoms with van der Waals surface area (Å²) < 4.78 is 5.49. The van der Waals surface area contributed by atoms with Crippen molar-refractivity contribution in [2.24, 2.45) is 11.8 Å². The summed E-state index contributed by atoms with van der Waals surface area (Å²) in [4.78, 5) is 24.3. The fraction of sp³-hybridized carbons (Fsp3) is 0.619. The third kappa shape index (κ3) is 7.84. The Bertz CT molecular complexity index is 644. The number of rotatable bonds is 7. The standard InChI is InChI=1S/C21H32N4O3.ClH/c1-15(16-4-2-10-22-13-16)12-20(26)24-17-6-8-18(9-7-17)25-21(27)23-14-19-5-3-11-28-19;/h6-9,15-16,19,22H,2-5,10-14H2,1H3,(H,24,26)(H2,23,25,27);1H. The van der Waals surface area contributed by atoms with Crippen LogP contribution in [0.3, 0.4) is 0 Å². The second-order valence-electron chi connectivity index (χ2n) is 7.88. The highest BCUT2D eigenvalue weighted by molar-refractivity contribution is 5.92. The molecule has 0 aliphatic carbocycles. The van der Waals surface area contributed by atoms with E-state index in [4.69, 9.17) is 4.74 Å². The minimum absolute atomic E-state index is 0. The molecule has 162 valence electrons. The topological polar surface area (TPSA) is 91.5 Å². The summed E-state index contributed by atoms with van der Waals surface area (Å²) in [6, 6.07) is 6.94. The maximum absolute atomic E-state index is 12.3. The molecule has 1 aromatic carbocycles. The molecular formula is C21H33ClN4O3. The van der Waals surface area contributed by atoms with Gasteiger partial charge in [0.25, 0.3) is 0 Å². The minimum Gasteiger partial charge on any atom is -0.376 e. The summed E-state index contributed by atoms with van der Waals surface area (Å²) in [6.45, 7) is 5.54. The van der Waals surface area contributed by atoms with Gasteiger partial charge in [0.1, 0.15) is 0 Å². The monoisotopic (exact) mass is 424 g/mol. The number of hydrogen-bond donors (Lipinski definition) is 4. The SMILES string of the molecule is CC(CC(=O)Nc1ccc(NC(=O)NCC2CCCO2)cc1)C1CCCNC1.Cl. The van der Waals surface area contributed by atoms with Gasteiger partial charge >= 0.3 is 6.03 Å². The maximum atomic E-state index is 12.3. The quantitative estimate of drug-likeness (QED) is 0.540. The van der Waals surface area contributed by atoms with Gasteiger partial charge in [0.15, 0.2) is 0 Å². The van der Waals surface area contributed by atoms with Gasteiger partial charge in [-0.1, -0.05) is 6.92 Å². The first kappa shape index (κ1) is 23.4. The number of piperidine rings is 1. The van der Waals surface area contributed by atoms with Crippen LogP contribution in [0.5, 0.6) is 0 Å². The third-order valence-corrected chi connectivity index (χ3v) is 5.59. The molecule has 3 unspecified atom stereocenters. The molecule has 3 amide bonds. The number of nitrogens with one attached hydrogen (secondary N) is 4. The molecule has 4 N–H and O–H groups in total. The molecule has 1 aromatic rings. The number of carbonyl (C=O) groups is 2. The van der Waals surface area contributed by atoms with E-state index in [1.54, 1.807) is 24.3 Å². The van der Waals surface area contributed by atoms with E-state index in [0.29, 0.717) is 30.5 Å². The molecule has 2 heterocycles. The van der Waals surface area contributed by atoms with Crippen LogP contribution in [-0.4, -0.2) is 44.3 Å². The molecule has 2 aliphatic heterocycles. The molecule has 0 bridgehead atoms. The van der Waals surface area contributed by atoms with Crippen molar-refractivity contribution in [1.29, 1.82) is 0 Å². The number of ether oxygens (including phenoxy) is 1. The van der Waals surface area contributed by atoms with Gasteiger partial charge < -0.3 is 26.0 Å². The molecule has 2 aliphatic rings. The van der Waals surface area contributed by atoms with Crippen molar-refractivity contribution in [3.63, 3.8) is 0 Å². The van der Waals surface area contributed by atoms with Crippen LogP contribution in [0.4, 0.5) is 16.2 Å². The largest absolute Gasteiger partial charge is 0.376 e. The fourth-order valence-electron chi connectivity index (χ4n) is 3.86. The zero-order valence-corrected chi connectivity index (χ0v) is 17.9. The summed E-state index contributed by atoms with van der Waals surface area (Å²) in [7, 11) is 0. The number of urea groups is 1. The molecule has 29 heavy (non-hydrogen) atoms. The van der Waals surface area contributed by atoms with Crippen LogP contribution >= 0.6 is 12.4 Å². The Morgan fingerprint density at radius 2 is 1.86 bits per heavy atom. The average Bonchev–Trinajstić information content (AvgIpc) is 3.22. The molecule has 2 fully saturated rings. The van der Waals surface area contributed by atoms with Crippen LogP contribution in [0.1, 0.15) is 39.0 Å². The molecular weight excluding hydrogens is 392 g/mol. The van der Waals surface area contributed by atoms with Crippen molar-refractivity contribution in [3.05, 3.63) is 24.3 Å². The summed E-state index contributed by atoms with van der Waals surface area (Å²) >= 11 is 0. The second-order valence-corrected chi connectivity index (χ2v) is 7.88. The first-order chi connectivity index (χ1) is 13.6. The van der Waals surface area contributed by atoms with E-state index in [2.05, 4.69) is 28.2 Å². The Kier molecular flexibility index (Phi) is 9.70. The number of amides is 3. The highest BCUT2D eigenvalue weighted by Crippen LogP contribution is 2.23. The number of anilines is 2. The Morgan fingerprint density at radius 1 is 1.14 bits per heavy atom. The van der Waals surface area contributed by atoms with Crippen LogP contribution in [0.15, 0.2) is 24.3 Å². The van der Waals surface area contributed by atoms with Crippen molar-refractivity contribution in [2.45, 2.75) is 45.1 Å². The number of halogens is 1. The lowest BCUT2D eigenvalue weighted by molar-refractivity contribution is -0.117. The van der Waals surface area contributed by atoms with Crippen LogP contribution < -0.4 is 21.3 Å². The average molecular weight is 425 g/mol. The van der Waals surface area contributed by atoms with Crippen molar-refractivity contribution in [3.8, 4) is 0 Å². The van der Waals surface area contributed by atoms with E-state index < -0.39 is 0 Å². The molecule has 0 aromatic heterocycles. The van der Waals surface area contributed by atoms with Gasteiger partial charge in [0.05, 0.1) is 6.10 Å². The van der Waals surface area contributed by atoms with Crippen LogP contribution in [0.2, 0.25) is 0 Å². The van der Waals surface area contributed by atoms with E-state index in [9.17, 15) is 9.59 Å². The fourth-order valence-corrected chi connectivity index (χ4v) is 3.86. The van der Waals surface area contributed by atoms with Crippen molar-refractivity contribution >= 4 is 35.7 Å². The predicted molar refractivity (Wildman–Crippen MR) is 118 cm³/mol. The third-order valence-electron chi connectivity index (χ3n) is 5.59.